The van der Waals surface area contributed by atoms with Gasteiger partial charge in [-0.3, -0.25) is 0 Å². The third-order valence-corrected chi connectivity index (χ3v) is 5.95. The second-order valence-corrected chi connectivity index (χ2v) is 10.1. The van der Waals surface area contributed by atoms with Crippen LogP contribution in [-0.2, 0) is 47.4 Å². The Kier molecular flexibility index (Phi) is 39.1. The summed E-state index contributed by atoms with van der Waals surface area (Å²) < 4.78 is 56.8. The number of hydrogen-bond donors (Lipinski definition) is 0. The molecule has 0 radical (unpaired) electrons. The Labute approximate surface area is 258 Å². The average Bonchev–Trinajstić information content (AvgIpc) is 2.93. The molecule has 230 valence electrons. The van der Waals surface area contributed by atoms with Crippen molar-refractivity contribution in [1.29, 1.82) is 0 Å². The molecule has 0 aromatic carbocycles. The van der Waals surface area contributed by atoms with Crippen molar-refractivity contribution in [2.75, 3.05) is 141 Å². The minimum atomic E-state index is 0.533. The highest BCUT2D eigenvalue weighted by atomic mass is 127. The lowest BCUT2D eigenvalue weighted by atomic mass is 10.2. The van der Waals surface area contributed by atoms with Crippen LogP contribution in [0.4, 0.5) is 0 Å². The SMILES string of the molecule is ICCCCCCOCCOCCOCCOCCOCCOCCOCCOCCOCCOCCI. The highest BCUT2D eigenvalue weighted by molar-refractivity contribution is 14.1. The predicted octanol–water partition coefficient (Wildman–Crippen LogP) is 3.58. The Hall–Kier alpha value is 1.06. The molecule has 0 atom stereocenters. The zero-order valence-electron chi connectivity index (χ0n) is 23.2. The first-order chi connectivity index (χ1) is 18.9. The summed E-state index contributed by atoms with van der Waals surface area (Å²) in [5, 5.41) is 0. The lowest BCUT2D eigenvalue weighted by Gasteiger charge is -2.09. The van der Waals surface area contributed by atoms with E-state index in [1.54, 1.807) is 0 Å². The summed E-state index contributed by atoms with van der Waals surface area (Å²) in [6.45, 7) is 11.8. The van der Waals surface area contributed by atoms with E-state index in [1.165, 1.54) is 23.7 Å². The molecule has 0 aliphatic heterocycles. The van der Waals surface area contributed by atoms with Gasteiger partial charge in [-0.1, -0.05) is 58.0 Å². The van der Waals surface area contributed by atoms with Crippen molar-refractivity contribution in [2.45, 2.75) is 25.7 Å². The highest BCUT2D eigenvalue weighted by Crippen LogP contribution is 2.02. The zero-order chi connectivity index (χ0) is 27.5. The summed E-state index contributed by atoms with van der Waals surface area (Å²) in [5.74, 6) is 0. The molecule has 0 aromatic heterocycles. The van der Waals surface area contributed by atoms with Crippen LogP contribution < -0.4 is 0 Å². The van der Waals surface area contributed by atoms with Crippen LogP contribution in [0.25, 0.3) is 0 Å². The average molecular weight is 779 g/mol. The first-order valence-electron chi connectivity index (χ1n) is 13.8. The highest BCUT2D eigenvalue weighted by Gasteiger charge is 1.96. The van der Waals surface area contributed by atoms with Crippen LogP contribution in [0.15, 0.2) is 0 Å². The maximum atomic E-state index is 5.55. The summed E-state index contributed by atoms with van der Waals surface area (Å²) in [4.78, 5) is 0. The van der Waals surface area contributed by atoms with E-state index in [2.05, 4.69) is 45.2 Å². The topological polar surface area (TPSA) is 92.3 Å². The van der Waals surface area contributed by atoms with Crippen LogP contribution in [0.5, 0.6) is 0 Å². The van der Waals surface area contributed by atoms with Crippen LogP contribution in [-0.4, -0.2) is 141 Å². The van der Waals surface area contributed by atoms with E-state index in [9.17, 15) is 0 Å². The maximum Gasteiger partial charge on any atom is 0.0701 e. The van der Waals surface area contributed by atoms with E-state index >= 15 is 0 Å². The van der Waals surface area contributed by atoms with E-state index < -0.39 is 0 Å². The largest absolute Gasteiger partial charge is 0.379 e. The molecule has 38 heavy (non-hydrogen) atoms. The first kappa shape index (κ1) is 39.1. The molecule has 0 saturated heterocycles. The molecule has 0 bridgehead atoms. The number of alkyl halides is 2. The molecule has 0 aliphatic rings. The number of hydrogen-bond acceptors (Lipinski definition) is 10. The zero-order valence-corrected chi connectivity index (χ0v) is 27.5. The van der Waals surface area contributed by atoms with E-state index in [1.807, 2.05) is 0 Å². The van der Waals surface area contributed by atoms with Gasteiger partial charge in [0.15, 0.2) is 0 Å². The van der Waals surface area contributed by atoms with Crippen molar-refractivity contribution in [1.82, 2.24) is 0 Å². The number of halogens is 2. The van der Waals surface area contributed by atoms with Crippen molar-refractivity contribution in [3.63, 3.8) is 0 Å². The van der Waals surface area contributed by atoms with E-state index in [-0.39, 0.29) is 0 Å². The van der Waals surface area contributed by atoms with E-state index in [4.69, 9.17) is 47.4 Å². The van der Waals surface area contributed by atoms with Crippen LogP contribution >= 0.6 is 45.2 Å². The summed E-state index contributed by atoms with van der Waals surface area (Å²) in [5.41, 5.74) is 0. The number of ether oxygens (including phenoxy) is 10. The van der Waals surface area contributed by atoms with Crippen molar-refractivity contribution < 1.29 is 47.4 Å². The van der Waals surface area contributed by atoms with Gasteiger partial charge in [-0.05, 0) is 17.3 Å². The monoisotopic (exact) mass is 778 g/mol. The fourth-order valence-corrected chi connectivity index (χ4v) is 3.64. The Morgan fingerprint density at radius 1 is 0.211 bits per heavy atom. The molecule has 0 unspecified atom stereocenters. The first-order valence-corrected chi connectivity index (χ1v) is 16.9. The fourth-order valence-electron chi connectivity index (χ4n) is 2.79. The molecule has 0 spiro atoms. The molecule has 10 nitrogen and oxygen atoms in total. The van der Waals surface area contributed by atoms with Crippen molar-refractivity contribution in [2.24, 2.45) is 0 Å². The van der Waals surface area contributed by atoms with Gasteiger partial charge in [0.1, 0.15) is 0 Å². The Bertz CT molecular complexity index is 378. The molecule has 0 aromatic rings. The minimum Gasteiger partial charge on any atom is -0.379 e. The Morgan fingerprint density at radius 2 is 0.447 bits per heavy atom. The van der Waals surface area contributed by atoms with E-state index in [0.29, 0.717) is 119 Å². The van der Waals surface area contributed by atoms with Crippen LogP contribution in [0.3, 0.4) is 0 Å². The van der Waals surface area contributed by atoms with Crippen LogP contribution in [0.1, 0.15) is 25.7 Å². The van der Waals surface area contributed by atoms with Gasteiger partial charge in [-0.15, -0.1) is 0 Å². The second kappa shape index (κ2) is 38.1. The maximum absolute atomic E-state index is 5.55. The third-order valence-electron chi connectivity index (χ3n) is 4.74. The molecule has 0 N–H and O–H groups in total. The molecule has 0 saturated carbocycles. The molecular weight excluding hydrogens is 726 g/mol. The summed E-state index contributed by atoms with van der Waals surface area (Å²) in [6.07, 6.45) is 5.00. The molecule has 0 amide bonds. The number of rotatable bonds is 35. The van der Waals surface area contributed by atoms with E-state index in [0.717, 1.165) is 24.1 Å². The molecule has 0 rings (SSSR count). The smallest absolute Gasteiger partial charge is 0.0701 e. The van der Waals surface area contributed by atoms with Gasteiger partial charge in [-0.25, -0.2) is 0 Å². The van der Waals surface area contributed by atoms with Crippen molar-refractivity contribution >= 4 is 45.2 Å². The van der Waals surface area contributed by atoms with Crippen LogP contribution in [0, 0.1) is 0 Å². The summed E-state index contributed by atoms with van der Waals surface area (Å²) in [7, 11) is 0. The quantitative estimate of drug-likeness (QED) is 0.0541. The van der Waals surface area contributed by atoms with Crippen molar-refractivity contribution in [3.8, 4) is 0 Å². The van der Waals surface area contributed by atoms with Gasteiger partial charge in [0.25, 0.3) is 0 Å². The van der Waals surface area contributed by atoms with Crippen molar-refractivity contribution in [3.05, 3.63) is 0 Å². The Balaban J connectivity index is 3.01. The normalized spacial score (nSPS) is 11.5. The molecular formula is C26H52I2O10. The molecule has 12 heteroatoms. The second-order valence-electron chi connectivity index (χ2n) is 7.92. The summed E-state index contributed by atoms with van der Waals surface area (Å²) >= 11 is 4.70. The van der Waals surface area contributed by atoms with Gasteiger partial charge in [0.2, 0.25) is 0 Å². The predicted molar refractivity (Wildman–Crippen MR) is 164 cm³/mol. The van der Waals surface area contributed by atoms with Gasteiger partial charge in [-0.2, -0.15) is 0 Å². The van der Waals surface area contributed by atoms with Gasteiger partial charge >= 0.3 is 0 Å². The fraction of sp³-hybridized carbons (Fsp3) is 1.00. The van der Waals surface area contributed by atoms with Crippen LogP contribution in [0.2, 0.25) is 0 Å². The molecule has 0 heterocycles. The Morgan fingerprint density at radius 3 is 0.711 bits per heavy atom. The number of unbranched alkanes of at least 4 members (excludes halogenated alkanes) is 3. The standard InChI is InChI=1S/C26H52I2O10/c27-5-3-1-2-4-7-29-9-11-31-13-15-33-17-19-35-21-23-37-25-26-38-24-22-36-20-18-34-16-14-32-12-10-30-8-6-28/h1-26H2. The lowest BCUT2D eigenvalue weighted by molar-refractivity contribution is -0.0262. The minimum absolute atomic E-state index is 0.533. The van der Waals surface area contributed by atoms with Gasteiger partial charge in [0, 0.05) is 11.0 Å². The third kappa shape index (κ3) is 37.1. The molecule has 0 aliphatic carbocycles. The molecule has 0 fully saturated rings. The summed E-state index contributed by atoms with van der Waals surface area (Å²) in [6, 6.07) is 0. The van der Waals surface area contributed by atoms with Gasteiger partial charge in [0.05, 0.1) is 126 Å². The van der Waals surface area contributed by atoms with Gasteiger partial charge < -0.3 is 47.4 Å². The lowest BCUT2D eigenvalue weighted by Crippen LogP contribution is -2.15.